The number of carbonyl (C=O) groups is 1. The SMILES string of the molecule is COC(=O)CN(C(C)C)S(=O)(=O)c1ccc(Br)cc1Br. The lowest BCUT2D eigenvalue weighted by Gasteiger charge is -2.25. The number of halogens is 2. The zero-order chi connectivity index (χ0) is 15.5. The number of ether oxygens (including phenoxy) is 1. The largest absolute Gasteiger partial charge is 0.468 e. The van der Waals surface area contributed by atoms with Crippen LogP contribution in [0.1, 0.15) is 13.8 Å². The van der Waals surface area contributed by atoms with Gasteiger partial charge in [-0.3, -0.25) is 4.79 Å². The molecule has 0 bridgehead atoms. The fourth-order valence-electron chi connectivity index (χ4n) is 1.55. The lowest BCUT2D eigenvalue weighted by Crippen LogP contribution is -2.41. The minimum Gasteiger partial charge on any atom is -0.468 e. The van der Waals surface area contributed by atoms with Crippen LogP contribution >= 0.6 is 31.9 Å². The van der Waals surface area contributed by atoms with Crippen molar-refractivity contribution < 1.29 is 17.9 Å². The molecular weight excluding hydrogens is 414 g/mol. The molecule has 8 heteroatoms. The molecule has 0 spiro atoms. The molecule has 5 nitrogen and oxygen atoms in total. The van der Waals surface area contributed by atoms with Gasteiger partial charge in [0.15, 0.2) is 0 Å². The van der Waals surface area contributed by atoms with Crippen molar-refractivity contribution in [2.75, 3.05) is 13.7 Å². The van der Waals surface area contributed by atoms with Gasteiger partial charge in [0.2, 0.25) is 10.0 Å². The van der Waals surface area contributed by atoms with Crippen LogP contribution in [-0.2, 0) is 19.6 Å². The second kappa shape index (κ2) is 7.02. The number of rotatable bonds is 5. The van der Waals surface area contributed by atoms with Crippen molar-refractivity contribution in [1.29, 1.82) is 0 Å². The lowest BCUT2D eigenvalue weighted by atomic mass is 10.4. The Morgan fingerprint density at radius 2 is 1.95 bits per heavy atom. The third-order valence-electron chi connectivity index (χ3n) is 2.57. The Labute approximate surface area is 135 Å². The fraction of sp³-hybridized carbons (Fsp3) is 0.417. The average molecular weight is 429 g/mol. The van der Waals surface area contributed by atoms with E-state index in [2.05, 4.69) is 36.6 Å². The fourth-order valence-corrected chi connectivity index (χ4v) is 4.84. The molecular formula is C12H15Br2NO4S. The number of carbonyl (C=O) groups excluding carboxylic acids is 1. The van der Waals surface area contributed by atoms with Gasteiger partial charge in [-0.2, -0.15) is 4.31 Å². The molecule has 0 saturated carbocycles. The van der Waals surface area contributed by atoms with Gasteiger partial charge in [0.1, 0.15) is 6.54 Å². The number of esters is 1. The first kappa shape index (κ1) is 17.6. The minimum absolute atomic E-state index is 0.110. The molecule has 1 rings (SSSR count). The van der Waals surface area contributed by atoms with Crippen molar-refractivity contribution in [3.63, 3.8) is 0 Å². The van der Waals surface area contributed by atoms with Crippen molar-refractivity contribution in [1.82, 2.24) is 4.31 Å². The lowest BCUT2D eigenvalue weighted by molar-refractivity contribution is -0.141. The van der Waals surface area contributed by atoms with Gasteiger partial charge in [0.05, 0.1) is 12.0 Å². The van der Waals surface area contributed by atoms with E-state index < -0.39 is 16.0 Å². The van der Waals surface area contributed by atoms with Crippen LogP contribution in [0.2, 0.25) is 0 Å². The summed E-state index contributed by atoms with van der Waals surface area (Å²) < 4.78 is 32.1. The molecule has 0 aliphatic rings. The van der Waals surface area contributed by atoms with Gasteiger partial charge in [0.25, 0.3) is 0 Å². The number of sulfonamides is 1. The maximum Gasteiger partial charge on any atom is 0.321 e. The predicted octanol–water partition coefficient (Wildman–Crippen LogP) is 2.78. The monoisotopic (exact) mass is 427 g/mol. The van der Waals surface area contributed by atoms with Gasteiger partial charge in [-0.1, -0.05) is 15.9 Å². The quantitative estimate of drug-likeness (QED) is 0.676. The molecule has 0 radical (unpaired) electrons. The zero-order valence-corrected chi connectivity index (χ0v) is 15.2. The van der Waals surface area contributed by atoms with Gasteiger partial charge in [-0.25, -0.2) is 8.42 Å². The van der Waals surface area contributed by atoms with Crippen LogP contribution in [0.25, 0.3) is 0 Å². The first-order chi connectivity index (χ1) is 9.20. The Morgan fingerprint density at radius 3 is 2.40 bits per heavy atom. The Hall–Kier alpha value is -0.440. The normalized spacial score (nSPS) is 11.9. The topological polar surface area (TPSA) is 63.7 Å². The van der Waals surface area contributed by atoms with E-state index in [1.807, 2.05) is 0 Å². The standard InChI is InChI=1S/C12H15Br2NO4S/c1-8(2)15(7-12(16)19-3)20(17,18)11-5-4-9(13)6-10(11)14/h4-6,8H,7H2,1-3H3. The zero-order valence-electron chi connectivity index (χ0n) is 11.3. The van der Waals surface area contributed by atoms with Crippen LogP contribution in [0.4, 0.5) is 0 Å². The summed E-state index contributed by atoms with van der Waals surface area (Å²) >= 11 is 6.50. The molecule has 0 N–H and O–H groups in total. The van der Waals surface area contributed by atoms with E-state index in [0.29, 0.717) is 4.47 Å². The van der Waals surface area contributed by atoms with Crippen LogP contribution < -0.4 is 0 Å². The van der Waals surface area contributed by atoms with Crippen LogP contribution in [0.5, 0.6) is 0 Å². The molecule has 0 saturated heterocycles. The maximum absolute atomic E-state index is 12.6. The highest BCUT2D eigenvalue weighted by Gasteiger charge is 2.30. The summed E-state index contributed by atoms with van der Waals surface area (Å²) in [6.45, 7) is 3.08. The second-order valence-corrected chi connectivity index (χ2v) is 7.92. The number of benzene rings is 1. The summed E-state index contributed by atoms with van der Waals surface area (Å²) in [7, 11) is -2.56. The average Bonchev–Trinajstić information content (AvgIpc) is 2.34. The number of methoxy groups -OCH3 is 1. The van der Waals surface area contributed by atoms with Crippen molar-refractivity contribution in [2.45, 2.75) is 24.8 Å². The first-order valence-corrected chi connectivity index (χ1v) is 8.76. The van der Waals surface area contributed by atoms with Crippen molar-refractivity contribution in [3.05, 3.63) is 27.1 Å². The second-order valence-electron chi connectivity index (χ2n) is 4.29. The van der Waals surface area contributed by atoms with E-state index in [4.69, 9.17) is 0 Å². The Balaban J connectivity index is 3.26. The van der Waals surface area contributed by atoms with Crippen LogP contribution in [0.15, 0.2) is 32.0 Å². The molecule has 0 amide bonds. The first-order valence-electron chi connectivity index (χ1n) is 5.74. The molecule has 0 atom stereocenters. The maximum atomic E-state index is 12.6. The van der Waals surface area contributed by atoms with Crippen molar-refractivity contribution in [3.8, 4) is 0 Å². The van der Waals surface area contributed by atoms with E-state index in [1.165, 1.54) is 13.2 Å². The van der Waals surface area contributed by atoms with Crippen LogP contribution in [-0.4, -0.2) is 38.4 Å². The predicted molar refractivity (Wildman–Crippen MR) is 82.9 cm³/mol. The van der Waals surface area contributed by atoms with E-state index >= 15 is 0 Å². The molecule has 0 aliphatic carbocycles. The summed E-state index contributed by atoms with van der Waals surface area (Å²) in [4.78, 5) is 11.5. The summed E-state index contributed by atoms with van der Waals surface area (Å²) in [5, 5.41) is 0. The highest BCUT2D eigenvalue weighted by molar-refractivity contribution is 9.11. The van der Waals surface area contributed by atoms with Gasteiger partial charge in [-0.15, -0.1) is 0 Å². The highest BCUT2D eigenvalue weighted by Crippen LogP contribution is 2.28. The highest BCUT2D eigenvalue weighted by atomic mass is 79.9. The molecule has 20 heavy (non-hydrogen) atoms. The van der Waals surface area contributed by atoms with E-state index in [9.17, 15) is 13.2 Å². The number of hydrogen-bond donors (Lipinski definition) is 0. The number of hydrogen-bond acceptors (Lipinski definition) is 4. The van der Waals surface area contributed by atoms with E-state index in [-0.39, 0.29) is 17.5 Å². The molecule has 0 fully saturated rings. The van der Waals surface area contributed by atoms with Gasteiger partial charge < -0.3 is 4.74 Å². The van der Waals surface area contributed by atoms with Crippen molar-refractivity contribution >= 4 is 47.9 Å². The van der Waals surface area contributed by atoms with Gasteiger partial charge in [0, 0.05) is 15.0 Å². The molecule has 0 aliphatic heterocycles. The summed E-state index contributed by atoms with van der Waals surface area (Å²) in [5.41, 5.74) is 0. The van der Waals surface area contributed by atoms with Gasteiger partial charge >= 0.3 is 5.97 Å². The third kappa shape index (κ3) is 4.03. The van der Waals surface area contributed by atoms with Crippen LogP contribution in [0.3, 0.4) is 0 Å². The smallest absolute Gasteiger partial charge is 0.321 e. The van der Waals surface area contributed by atoms with Gasteiger partial charge in [-0.05, 0) is 48.0 Å². The number of nitrogens with zero attached hydrogens (tertiary/aromatic N) is 1. The Kier molecular flexibility index (Phi) is 6.18. The molecule has 0 heterocycles. The molecule has 1 aromatic carbocycles. The molecule has 0 aromatic heterocycles. The van der Waals surface area contributed by atoms with E-state index in [0.717, 1.165) is 8.78 Å². The van der Waals surface area contributed by atoms with Crippen molar-refractivity contribution in [2.24, 2.45) is 0 Å². The van der Waals surface area contributed by atoms with Crippen LogP contribution in [0, 0.1) is 0 Å². The Bertz CT molecular complexity index is 601. The summed E-state index contributed by atoms with van der Waals surface area (Å²) in [5.74, 6) is -0.601. The molecule has 1 aromatic rings. The summed E-state index contributed by atoms with van der Waals surface area (Å²) in [6, 6.07) is 4.39. The third-order valence-corrected chi connectivity index (χ3v) is 6.06. The van der Waals surface area contributed by atoms with E-state index in [1.54, 1.807) is 26.0 Å². The minimum atomic E-state index is -3.79. The summed E-state index contributed by atoms with van der Waals surface area (Å²) in [6.07, 6.45) is 0. The molecule has 0 unspecified atom stereocenters. The Morgan fingerprint density at radius 1 is 1.35 bits per heavy atom. The molecule has 112 valence electrons.